The lowest BCUT2D eigenvalue weighted by atomic mass is 10.1. The molecule has 0 unspecified atom stereocenters. The normalized spacial score (nSPS) is 17.2. The molecule has 1 aromatic heterocycles. The maximum Gasteiger partial charge on any atom is 0.141 e. The molecule has 0 saturated heterocycles. The summed E-state index contributed by atoms with van der Waals surface area (Å²) in [4.78, 5) is 11.2. The van der Waals surface area contributed by atoms with Gasteiger partial charge in [0.05, 0.1) is 0 Å². The molecule has 1 aliphatic heterocycles. The number of aromatic nitrogens is 2. The minimum Gasteiger partial charge on any atom is -0.325 e. The molecule has 4 rings (SSSR count). The highest BCUT2D eigenvalue weighted by atomic mass is 35.5. The third kappa shape index (κ3) is 2.18. The van der Waals surface area contributed by atoms with Crippen LogP contribution >= 0.6 is 11.6 Å². The first-order valence-electron chi connectivity index (χ1n) is 7.23. The third-order valence-electron chi connectivity index (χ3n) is 4.22. The van der Waals surface area contributed by atoms with Gasteiger partial charge in [-0.3, -0.25) is 0 Å². The van der Waals surface area contributed by atoms with E-state index < -0.39 is 0 Å². The van der Waals surface area contributed by atoms with Crippen molar-refractivity contribution in [1.29, 1.82) is 0 Å². The molecule has 0 amide bonds. The second-order valence-corrected chi connectivity index (χ2v) is 6.13. The smallest absolute Gasteiger partial charge is 0.141 e. The van der Waals surface area contributed by atoms with Crippen molar-refractivity contribution in [2.24, 2.45) is 0 Å². The summed E-state index contributed by atoms with van der Waals surface area (Å²) in [6, 6.07) is 4.94. The molecule has 21 heavy (non-hydrogen) atoms. The molecule has 3 nitrogen and oxygen atoms in total. The van der Waals surface area contributed by atoms with E-state index in [-0.39, 0.29) is 5.82 Å². The monoisotopic (exact) mass is 303 g/mol. The van der Waals surface area contributed by atoms with Crippen LogP contribution in [0.15, 0.2) is 18.2 Å². The molecule has 0 atom stereocenters. The van der Waals surface area contributed by atoms with E-state index in [4.69, 9.17) is 16.6 Å². The zero-order valence-electron chi connectivity index (χ0n) is 11.7. The van der Waals surface area contributed by atoms with Crippen molar-refractivity contribution in [2.45, 2.75) is 32.1 Å². The van der Waals surface area contributed by atoms with E-state index in [2.05, 4.69) is 9.88 Å². The maximum atomic E-state index is 13.6. The third-order valence-corrected chi connectivity index (χ3v) is 4.59. The average molecular weight is 304 g/mol. The molecule has 1 saturated carbocycles. The van der Waals surface area contributed by atoms with Crippen LogP contribution in [0.25, 0.3) is 0 Å². The largest absolute Gasteiger partial charge is 0.325 e. The van der Waals surface area contributed by atoms with Gasteiger partial charge < -0.3 is 4.90 Å². The van der Waals surface area contributed by atoms with Gasteiger partial charge in [0.2, 0.25) is 0 Å². The highest BCUT2D eigenvalue weighted by molar-refractivity contribution is 6.30. The fraction of sp³-hybridized carbons (Fsp3) is 0.375. The lowest BCUT2D eigenvalue weighted by Gasteiger charge is -2.21. The molecule has 5 heteroatoms. The minimum atomic E-state index is -0.221. The Morgan fingerprint density at radius 1 is 1.29 bits per heavy atom. The van der Waals surface area contributed by atoms with Gasteiger partial charge in [-0.25, -0.2) is 14.4 Å². The molecule has 1 aromatic carbocycles. The summed E-state index contributed by atoms with van der Waals surface area (Å²) in [6.45, 7) is 2.72. The lowest BCUT2D eigenvalue weighted by molar-refractivity contribution is 0.628. The minimum absolute atomic E-state index is 0.221. The van der Waals surface area contributed by atoms with Crippen molar-refractivity contribution in [3.63, 3.8) is 0 Å². The Morgan fingerprint density at radius 3 is 2.86 bits per heavy atom. The molecule has 2 aromatic rings. The van der Waals surface area contributed by atoms with Crippen LogP contribution < -0.4 is 4.90 Å². The summed E-state index contributed by atoms with van der Waals surface area (Å²) in [5.41, 5.74) is 2.91. The SMILES string of the molecule is Cc1c(Cl)nc(C2CC2)nc1N1CCc2ccc(F)cc21. The maximum absolute atomic E-state index is 13.6. The van der Waals surface area contributed by atoms with Gasteiger partial charge in [-0.2, -0.15) is 0 Å². The van der Waals surface area contributed by atoms with Gasteiger partial charge in [-0.05, 0) is 43.9 Å². The molecular weight excluding hydrogens is 289 g/mol. The van der Waals surface area contributed by atoms with Crippen molar-refractivity contribution >= 4 is 23.1 Å². The predicted octanol–water partition coefficient (Wildman–Crippen LogP) is 4.15. The van der Waals surface area contributed by atoms with E-state index in [1.54, 1.807) is 6.07 Å². The molecular formula is C16H15ClFN3. The van der Waals surface area contributed by atoms with Gasteiger partial charge in [0.25, 0.3) is 0 Å². The molecule has 2 aliphatic rings. The first-order chi connectivity index (χ1) is 10.1. The zero-order chi connectivity index (χ0) is 14.6. The molecule has 1 fully saturated rings. The van der Waals surface area contributed by atoms with E-state index in [0.717, 1.165) is 54.3 Å². The van der Waals surface area contributed by atoms with Crippen molar-refractivity contribution in [2.75, 3.05) is 11.4 Å². The van der Waals surface area contributed by atoms with E-state index in [0.29, 0.717) is 11.1 Å². The topological polar surface area (TPSA) is 29.0 Å². The summed E-state index contributed by atoms with van der Waals surface area (Å²) >= 11 is 6.28. The van der Waals surface area contributed by atoms with Crippen LogP contribution in [-0.2, 0) is 6.42 Å². The van der Waals surface area contributed by atoms with Crippen LogP contribution in [0.5, 0.6) is 0 Å². The number of hydrogen-bond donors (Lipinski definition) is 0. The Morgan fingerprint density at radius 2 is 2.10 bits per heavy atom. The second-order valence-electron chi connectivity index (χ2n) is 5.77. The van der Waals surface area contributed by atoms with Crippen LogP contribution in [0.1, 0.15) is 35.7 Å². The number of fused-ring (bicyclic) bond motifs is 1. The fourth-order valence-corrected chi connectivity index (χ4v) is 3.02. The van der Waals surface area contributed by atoms with E-state index in [1.807, 2.05) is 13.0 Å². The van der Waals surface area contributed by atoms with Gasteiger partial charge in [0.15, 0.2) is 0 Å². The number of anilines is 2. The molecule has 0 bridgehead atoms. The summed E-state index contributed by atoms with van der Waals surface area (Å²) in [6.07, 6.45) is 3.16. The lowest BCUT2D eigenvalue weighted by Crippen LogP contribution is -2.18. The van der Waals surface area contributed by atoms with Gasteiger partial charge in [-0.15, -0.1) is 0 Å². The Bertz CT molecular complexity index is 728. The molecule has 0 N–H and O–H groups in total. The Balaban J connectivity index is 1.83. The zero-order valence-corrected chi connectivity index (χ0v) is 12.5. The molecule has 1 aliphatic carbocycles. The first kappa shape index (κ1) is 13.0. The van der Waals surface area contributed by atoms with Gasteiger partial charge in [0.1, 0.15) is 22.6 Å². The summed E-state index contributed by atoms with van der Waals surface area (Å²) in [5, 5.41) is 0.506. The van der Waals surface area contributed by atoms with Crippen LogP contribution in [0.4, 0.5) is 15.9 Å². The number of nitrogens with zero attached hydrogens (tertiary/aromatic N) is 3. The van der Waals surface area contributed by atoms with Crippen LogP contribution in [-0.4, -0.2) is 16.5 Å². The molecule has 108 valence electrons. The summed E-state index contributed by atoms with van der Waals surface area (Å²) in [5.74, 6) is 1.86. The van der Waals surface area contributed by atoms with Gasteiger partial charge in [0, 0.05) is 23.7 Å². The van der Waals surface area contributed by atoms with E-state index in [9.17, 15) is 4.39 Å². The second kappa shape index (κ2) is 4.67. The highest BCUT2D eigenvalue weighted by Gasteiger charge is 2.30. The summed E-state index contributed by atoms with van der Waals surface area (Å²) in [7, 11) is 0. The average Bonchev–Trinajstić information content (AvgIpc) is 3.23. The van der Waals surface area contributed by atoms with Gasteiger partial charge in [-0.1, -0.05) is 17.7 Å². The summed E-state index contributed by atoms with van der Waals surface area (Å²) < 4.78 is 13.6. The van der Waals surface area contributed by atoms with Crippen molar-refractivity contribution in [3.05, 3.63) is 46.1 Å². The number of hydrogen-bond acceptors (Lipinski definition) is 3. The van der Waals surface area contributed by atoms with Crippen LogP contribution in [0.3, 0.4) is 0 Å². The number of rotatable bonds is 2. The Labute approximate surface area is 127 Å². The van der Waals surface area contributed by atoms with Crippen molar-refractivity contribution < 1.29 is 4.39 Å². The highest BCUT2D eigenvalue weighted by Crippen LogP contribution is 2.42. The number of halogens is 2. The molecule has 0 radical (unpaired) electrons. The van der Waals surface area contributed by atoms with Crippen LogP contribution in [0.2, 0.25) is 5.15 Å². The van der Waals surface area contributed by atoms with Crippen molar-refractivity contribution in [3.8, 4) is 0 Å². The first-order valence-corrected chi connectivity index (χ1v) is 7.61. The van der Waals surface area contributed by atoms with E-state index >= 15 is 0 Å². The van der Waals surface area contributed by atoms with Crippen LogP contribution in [0, 0.1) is 12.7 Å². The Hall–Kier alpha value is -1.68. The van der Waals surface area contributed by atoms with Gasteiger partial charge >= 0.3 is 0 Å². The Kier molecular flexibility index (Phi) is 2.89. The molecule has 2 heterocycles. The number of benzene rings is 1. The quantitative estimate of drug-likeness (QED) is 0.780. The standard InChI is InChI=1S/C16H15ClFN3/c1-9-14(17)19-15(11-2-3-11)20-16(9)21-7-6-10-4-5-12(18)8-13(10)21/h4-5,8,11H,2-3,6-7H2,1H3. The molecule has 0 spiro atoms. The fourth-order valence-electron chi connectivity index (χ4n) is 2.85. The van der Waals surface area contributed by atoms with Crippen molar-refractivity contribution in [1.82, 2.24) is 9.97 Å². The van der Waals surface area contributed by atoms with E-state index in [1.165, 1.54) is 6.07 Å². The predicted molar refractivity (Wildman–Crippen MR) is 80.9 cm³/mol.